The lowest BCUT2D eigenvalue weighted by atomic mass is 9.99. The van der Waals surface area contributed by atoms with E-state index in [9.17, 15) is 15.2 Å². The minimum Gasteiger partial charge on any atom is -0.504 e. The molecule has 0 unspecified atom stereocenters. The van der Waals surface area contributed by atoms with Crippen molar-refractivity contribution < 1.29 is 19.4 Å². The van der Waals surface area contributed by atoms with Crippen LogP contribution < -0.4 is 15.0 Å². The van der Waals surface area contributed by atoms with Crippen molar-refractivity contribution >= 4 is 11.7 Å². The van der Waals surface area contributed by atoms with Crippen LogP contribution in [0.25, 0.3) is 0 Å². The number of para-hydroxylation sites is 2. The van der Waals surface area contributed by atoms with Crippen LogP contribution in [0, 0.1) is 11.3 Å². The highest BCUT2D eigenvalue weighted by atomic mass is 16.5. The largest absolute Gasteiger partial charge is 0.504 e. The Balaban J connectivity index is 1.31. The first-order chi connectivity index (χ1) is 17.0. The molecule has 0 radical (unpaired) electrons. The summed E-state index contributed by atoms with van der Waals surface area (Å²) < 4.78 is 11.1. The van der Waals surface area contributed by atoms with E-state index in [2.05, 4.69) is 24.4 Å². The van der Waals surface area contributed by atoms with Gasteiger partial charge in [0.25, 0.3) is 0 Å². The topological polar surface area (TPSA) is 94.8 Å². The van der Waals surface area contributed by atoms with Gasteiger partial charge in [-0.1, -0.05) is 36.4 Å². The first-order valence-electron chi connectivity index (χ1n) is 11.7. The summed E-state index contributed by atoms with van der Waals surface area (Å²) in [7, 11) is 0. The molecular formula is C28H29N3O4. The van der Waals surface area contributed by atoms with Gasteiger partial charge in [-0.15, -0.1) is 0 Å². The lowest BCUT2D eigenvalue weighted by Crippen LogP contribution is -2.32. The molecule has 35 heavy (non-hydrogen) atoms. The van der Waals surface area contributed by atoms with Crippen molar-refractivity contribution in [2.45, 2.75) is 25.8 Å². The van der Waals surface area contributed by atoms with Gasteiger partial charge in [0.15, 0.2) is 18.2 Å². The number of esters is 1. The predicted molar refractivity (Wildman–Crippen MR) is 134 cm³/mol. The summed E-state index contributed by atoms with van der Waals surface area (Å²) in [4.78, 5) is 14.3. The Morgan fingerprint density at radius 3 is 2.71 bits per heavy atom. The Morgan fingerprint density at radius 1 is 1.17 bits per heavy atom. The molecule has 0 aromatic heterocycles. The third-order valence-corrected chi connectivity index (χ3v) is 5.96. The number of phenolic OH excluding ortho intramolecular Hbond substituents is 1. The molecule has 1 heterocycles. The molecule has 2 N–H and O–H groups in total. The number of ether oxygens (including phenoxy) is 2. The number of carbonyl (C=O) groups is 1. The number of nitrogens with zero attached hydrogens (tertiary/aromatic N) is 2. The normalized spacial score (nSPS) is 13.1. The van der Waals surface area contributed by atoms with Gasteiger partial charge in [-0.25, -0.2) is 4.79 Å². The zero-order chi connectivity index (χ0) is 24.6. The van der Waals surface area contributed by atoms with Crippen LogP contribution in [-0.4, -0.2) is 43.5 Å². The van der Waals surface area contributed by atoms with Crippen molar-refractivity contribution in [2.75, 3.05) is 31.3 Å². The number of benzene rings is 3. The van der Waals surface area contributed by atoms with Crippen molar-refractivity contribution in [1.29, 1.82) is 5.26 Å². The van der Waals surface area contributed by atoms with Crippen molar-refractivity contribution in [3.63, 3.8) is 0 Å². The second-order valence-electron chi connectivity index (χ2n) is 8.58. The molecule has 1 aliphatic rings. The smallest absolute Gasteiger partial charge is 0.339 e. The second kappa shape index (κ2) is 11.4. The Kier molecular flexibility index (Phi) is 7.86. The van der Waals surface area contributed by atoms with E-state index < -0.39 is 0 Å². The van der Waals surface area contributed by atoms with Crippen LogP contribution in [0.3, 0.4) is 0 Å². The molecule has 0 spiro atoms. The number of rotatable bonds is 10. The highest BCUT2D eigenvalue weighted by Gasteiger charge is 2.25. The monoisotopic (exact) mass is 471 g/mol. The van der Waals surface area contributed by atoms with E-state index in [0.717, 1.165) is 29.7 Å². The van der Waals surface area contributed by atoms with Crippen molar-refractivity contribution in [1.82, 2.24) is 5.32 Å². The van der Waals surface area contributed by atoms with E-state index >= 15 is 0 Å². The van der Waals surface area contributed by atoms with E-state index in [4.69, 9.17) is 9.47 Å². The number of aromatic hydroxyl groups is 1. The minimum atomic E-state index is -0.375. The molecule has 7 heteroatoms. The maximum atomic E-state index is 12.3. The van der Waals surface area contributed by atoms with Gasteiger partial charge in [0.1, 0.15) is 12.7 Å². The van der Waals surface area contributed by atoms with Gasteiger partial charge in [-0.3, -0.25) is 0 Å². The van der Waals surface area contributed by atoms with Crippen LogP contribution in [0.5, 0.6) is 11.5 Å². The zero-order valence-electron chi connectivity index (χ0n) is 19.7. The van der Waals surface area contributed by atoms with Crippen molar-refractivity contribution in [2.24, 2.45) is 0 Å². The van der Waals surface area contributed by atoms with E-state index in [1.54, 1.807) is 42.5 Å². The number of anilines is 1. The Morgan fingerprint density at radius 2 is 1.94 bits per heavy atom. The fourth-order valence-electron chi connectivity index (χ4n) is 4.29. The molecule has 1 aliphatic heterocycles. The van der Waals surface area contributed by atoms with Crippen LogP contribution in [0.4, 0.5) is 5.69 Å². The maximum Gasteiger partial charge on any atom is 0.339 e. The fraction of sp³-hybridized carbons (Fsp3) is 0.286. The standard InChI is InChI=1S/C28H29N3O4/c1-20(30-12-14-34-26-10-6-5-9-25(26)32)15-21-16-23-11-13-31(27(23)24(17-21)18-29)19-35-28(33)22-7-3-2-4-8-22/h2-10,16-17,20,30,32H,11-15,19H2,1H3/t20-/m1/s1. The van der Waals surface area contributed by atoms with Crippen molar-refractivity contribution in [3.8, 4) is 17.6 Å². The van der Waals surface area contributed by atoms with Gasteiger partial charge < -0.3 is 24.8 Å². The number of nitrogens with one attached hydrogen (secondary N) is 1. The Hall–Kier alpha value is -4.02. The molecule has 7 nitrogen and oxygen atoms in total. The highest BCUT2D eigenvalue weighted by Crippen LogP contribution is 2.33. The summed E-state index contributed by atoms with van der Waals surface area (Å²) in [5.41, 5.74) is 4.15. The van der Waals surface area contributed by atoms with Crippen LogP contribution in [0.2, 0.25) is 0 Å². The minimum absolute atomic E-state index is 0.115. The average molecular weight is 472 g/mol. The van der Waals surface area contributed by atoms with Crippen LogP contribution in [-0.2, 0) is 17.6 Å². The number of phenols is 1. The summed E-state index contributed by atoms with van der Waals surface area (Å²) in [6, 6.07) is 22.4. The third-order valence-electron chi connectivity index (χ3n) is 5.96. The molecule has 0 amide bonds. The number of carbonyl (C=O) groups excluding carboxylic acids is 1. The van der Waals surface area contributed by atoms with E-state index in [1.165, 1.54) is 0 Å². The SMILES string of the molecule is C[C@H](Cc1cc(C#N)c2c(c1)CCN2COC(=O)c1ccccc1)NCCOc1ccccc1O. The second-order valence-corrected chi connectivity index (χ2v) is 8.58. The molecular weight excluding hydrogens is 442 g/mol. The number of hydrogen-bond acceptors (Lipinski definition) is 7. The van der Waals surface area contributed by atoms with Gasteiger partial charge in [-0.2, -0.15) is 5.26 Å². The van der Waals surface area contributed by atoms with Gasteiger partial charge in [0, 0.05) is 19.1 Å². The zero-order valence-corrected chi connectivity index (χ0v) is 19.7. The first kappa shape index (κ1) is 24.1. The van der Waals surface area contributed by atoms with Crippen LogP contribution in [0.15, 0.2) is 66.7 Å². The van der Waals surface area contributed by atoms with E-state index in [0.29, 0.717) is 36.6 Å². The number of hydrogen-bond donors (Lipinski definition) is 2. The molecule has 4 rings (SSSR count). The summed E-state index contributed by atoms with van der Waals surface area (Å²) in [5.74, 6) is 0.227. The Labute approximate surface area is 205 Å². The van der Waals surface area contributed by atoms with Gasteiger partial charge in [0.2, 0.25) is 0 Å². The molecule has 0 bridgehead atoms. The van der Waals surface area contributed by atoms with Crippen LogP contribution in [0.1, 0.15) is 34.0 Å². The first-order valence-corrected chi connectivity index (χ1v) is 11.7. The quantitative estimate of drug-likeness (QED) is 0.340. The molecule has 0 saturated heterocycles. The van der Waals surface area contributed by atoms with E-state index in [1.807, 2.05) is 23.1 Å². The number of fused-ring (bicyclic) bond motifs is 1. The molecule has 3 aromatic rings. The summed E-state index contributed by atoms with van der Waals surface area (Å²) in [6.45, 7) is 3.98. The molecule has 0 fully saturated rings. The van der Waals surface area contributed by atoms with Crippen molar-refractivity contribution in [3.05, 3.63) is 89.0 Å². The Bertz CT molecular complexity index is 1210. The lowest BCUT2D eigenvalue weighted by Gasteiger charge is -2.21. The van der Waals surface area contributed by atoms with E-state index in [-0.39, 0.29) is 24.5 Å². The summed E-state index contributed by atoms with van der Waals surface area (Å²) in [6.07, 6.45) is 1.57. The molecule has 1 atom stereocenters. The molecule has 3 aromatic carbocycles. The molecule has 0 saturated carbocycles. The predicted octanol–water partition coefficient (Wildman–Crippen LogP) is 4.04. The summed E-state index contributed by atoms with van der Waals surface area (Å²) >= 11 is 0. The third kappa shape index (κ3) is 6.11. The van der Waals surface area contributed by atoms with Gasteiger partial charge in [-0.05, 0) is 61.2 Å². The average Bonchev–Trinajstić information content (AvgIpc) is 3.29. The molecule has 180 valence electrons. The van der Waals surface area contributed by atoms with Gasteiger partial charge >= 0.3 is 5.97 Å². The van der Waals surface area contributed by atoms with Gasteiger partial charge in [0.05, 0.1) is 16.8 Å². The van der Waals surface area contributed by atoms with Crippen LogP contribution >= 0.6 is 0 Å². The fourth-order valence-corrected chi connectivity index (χ4v) is 4.29. The molecule has 0 aliphatic carbocycles. The summed E-state index contributed by atoms with van der Waals surface area (Å²) in [5, 5.41) is 23.0. The number of nitriles is 1. The maximum absolute atomic E-state index is 12.3. The highest BCUT2D eigenvalue weighted by molar-refractivity contribution is 5.89. The lowest BCUT2D eigenvalue weighted by molar-refractivity contribution is 0.0506.